The summed E-state index contributed by atoms with van der Waals surface area (Å²) in [6.07, 6.45) is 2.12. The molecule has 122 valence electrons. The number of carboxylic acid groups (broad SMARTS) is 1. The van der Waals surface area contributed by atoms with E-state index in [0.717, 1.165) is 12.8 Å². The van der Waals surface area contributed by atoms with Crippen molar-refractivity contribution in [2.24, 2.45) is 17.8 Å². The van der Waals surface area contributed by atoms with Crippen LogP contribution < -0.4 is 0 Å². The van der Waals surface area contributed by atoms with E-state index >= 15 is 0 Å². The molecule has 4 heteroatoms. The molecule has 1 saturated carbocycles. The maximum Gasteiger partial charge on any atom is 0.340 e. The van der Waals surface area contributed by atoms with Crippen molar-refractivity contribution in [2.45, 2.75) is 52.2 Å². The molecular formula is C18H26O4. The highest BCUT2D eigenvalue weighted by atomic mass is 17.2. The van der Waals surface area contributed by atoms with Crippen LogP contribution in [0.15, 0.2) is 30.3 Å². The highest BCUT2D eigenvalue weighted by Gasteiger charge is 2.34. The molecule has 0 heterocycles. The Bertz CT molecular complexity index is 471. The van der Waals surface area contributed by atoms with E-state index in [2.05, 4.69) is 20.8 Å². The number of benzene rings is 1. The predicted octanol–water partition coefficient (Wildman–Crippen LogP) is 4.22. The summed E-state index contributed by atoms with van der Waals surface area (Å²) >= 11 is 0. The standard InChI is InChI=1S/C18H26O4/c1-12(2)15-10-9-13(3)11-16(15)21-22-17(18(19)20)14-7-5-4-6-8-14/h4-8,12-13,15-17H,9-11H2,1-3H3,(H,19,20). The van der Waals surface area contributed by atoms with E-state index in [0.29, 0.717) is 23.3 Å². The van der Waals surface area contributed by atoms with Gasteiger partial charge in [0.2, 0.25) is 6.10 Å². The maximum atomic E-state index is 11.4. The number of hydrogen-bond acceptors (Lipinski definition) is 3. The average Bonchev–Trinajstić information content (AvgIpc) is 2.48. The minimum Gasteiger partial charge on any atom is -0.479 e. The van der Waals surface area contributed by atoms with E-state index in [-0.39, 0.29) is 6.10 Å². The molecule has 1 N–H and O–H groups in total. The predicted molar refractivity (Wildman–Crippen MR) is 84.1 cm³/mol. The van der Waals surface area contributed by atoms with Crippen molar-refractivity contribution in [1.82, 2.24) is 0 Å². The van der Waals surface area contributed by atoms with Gasteiger partial charge in [-0.3, -0.25) is 0 Å². The van der Waals surface area contributed by atoms with Crippen molar-refractivity contribution >= 4 is 5.97 Å². The fourth-order valence-corrected chi connectivity index (χ4v) is 3.22. The summed E-state index contributed by atoms with van der Waals surface area (Å²) in [6.45, 7) is 6.57. The van der Waals surface area contributed by atoms with Crippen LogP contribution in [0.2, 0.25) is 0 Å². The van der Waals surface area contributed by atoms with Crippen LogP contribution >= 0.6 is 0 Å². The van der Waals surface area contributed by atoms with Crippen molar-refractivity contribution in [1.29, 1.82) is 0 Å². The first-order chi connectivity index (χ1) is 10.5. The van der Waals surface area contributed by atoms with E-state index in [4.69, 9.17) is 9.78 Å². The van der Waals surface area contributed by atoms with Gasteiger partial charge in [-0.15, -0.1) is 0 Å². The van der Waals surface area contributed by atoms with Gasteiger partial charge < -0.3 is 5.11 Å². The Kier molecular flexibility index (Phi) is 5.98. The van der Waals surface area contributed by atoms with Gasteiger partial charge in [-0.05, 0) is 36.2 Å². The Morgan fingerprint density at radius 3 is 2.50 bits per heavy atom. The smallest absolute Gasteiger partial charge is 0.340 e. The number of aliphatic carboxylic acids is 1. The zero-order chi connectivity index (χ0) is 16.1. The molecule has 0 bridgehead atoms. The van der Waals surface area contributed by atoms with Crippen molar-refractivity contribution in [2.75, 3.05) is 0 Å². The van der Waals surface area contributed by atoms with E-state index in [1.807, 2.05) is 6.07 Å². The van der Waals surface area contributed by atoms with E-state index in [9.17, 15) is 9.90 Å². The molecule has 1 aromatic carbocycles. The molecule has 2 rings (SSSR count). The van der Waals surface area contributed by atoms with Gasteiger partial charge in [0.25, 0.3) is 0 Å². The van der Waals surface area contributed by atoms with Crippen LogP contribution in [0.25, 0.3) is 0 Å². The molecule has 0 saturated heterocycles. The molecule has 4 nitrogen and oxygen atoms in total. The van der Waals surface area contributed by atoms with Crippen LogP contribution in [0.5, 0.6) is 0 Å². The quantitative estimate of drug-likeness (QED) is 0.631. The second kappa shape index (κ2) is 7.75. The molecule has 0 aromatic heterocycles. The largest absolute Gasteiger partial charge is 0.479 e. The Morgan fingerprint density at radius 2 is 1.91 bits per heavy atom. The SMILES string of the molecule is CC1CCC(C(C)C)C(OOC(C(=O)O)c2ccccc2)C1. The summed E-state index contributed by atoms with van der Waals surface area (Å²) in [5.41, 5.74) is 0.597. The maximum absolute atomic E-state index is 11.4. The third-order valence-electron chi connectivity index (χ3n) is 4.56. The summed E-state index contributed by atoms with van der Waals surface area (Å²) in [7, 11) is 0. The molecule has 4 atom stereocenters. The monoisotopic (exact) mass is 306 g/mol. The lowest BCUT2D eigenvalue weighted by Crippen LogP contribution is -2.35. The fraction of sp³-hybridized carbons (Fsp3) is 0.611. The molecule has 1 aromatic rings. The number of carboxylic acids is 1. The molecule has 4 unspecified atom stereocenters. The van der Waals surface area contributed by atoms with Gasteiger partial charge in [-0.25, -0.2) is 14.6 Å². The third-order valence-corrected chi connectivity index (χ3v) is 4.56. The number of rotatable bonds is 6. The lowest BCUT2D eigenvalue weighted by Gasteiger charge is -2.36. The zero-order valence-corrected chi connectivity index (χ0v) is 13.6. The van der Waals surface area contributed by atoms with Crippen LogP contribution in [-0.4, -0.2) is 17.2 Å². The van der Waals surface area contributed by atoms with Crippen LogP contribution in [0.3, 0.4) is 0 Å². The molecule has 0 spiro atoms. The molecule has 0 radical (unpaired) electrons. The highest BCUT2D eigenvalue weighted by Crippen LogP contribution is 2.36. The van der Waals surface area contributed by atoms with Crippen LogP contribution in [0.1, 0.15) is 51.7 Å². The molecule has 0 aliphatic heterocycles. The normalized spacial score (nSPS) is 26.8. The third kappa shape index (κ3) is 4.31. The van der Waals surface area contributed by atoms with Crippen molar-refractivity contribution in [3.05, 3.63) is 35.9 Å². The second-order valence-electron chi connectivity index (χ2n) is 6.69. The highest BCUT2D eigenvalue weighted by molar-refractivity contribution is 5.74. The van der Waals surface area contributed by atoms with Crippen LogP contribution in [0, 0.1) is 17.8 Å². The Hall–Kier alpha value is -1.39. The van der Waals surface area contributed by atoms with Gasteiger partial charge >= 0.3 is 5.97 Å². The summed E-state index contributed by atoms with van der Waals surface area (Å²) in [5.74, 6) is 0.474. The molecule has 1 aliphatic rings. The molecule has 1 fully saturated rings. The first kappa shape index (κ1) is 17.0. The Morgan fingerprint density at radius 1 is 1.23 bits per heavy atom. The van der Waals surface area contributed by atoms with Gasteiger partial charge in [-0.2, -0.15) is 0 Å². The average molecular weight is 306 g/mol. The topological polar surface area (TPSA) is 55.8 Å². The van der Waals surface area contributed by atoms with Crippen LogP contribution in [-0.2, 0) is 14.6 Å². The minimum atomic E-state index is -1.08. The summed E-state index contributed by atoms with van der Waals surface area (Å²) in [5, 5.41) is 9.38. The minimum absolute atomic E-state index is 0.0330. The first-order valence-electron chi connectivity index (χ1n) is 8.09. The van der Waals surface area contributed by atoms with E-state index in [1.165, 1.54) is 6.42 Å². The summed E-state index contributed by atoms with van der Waals surface area (Å²) in [6, 6.07) is 8.93. The van der Waals surface area contributed by atoms with Gasteiger partial charge in [0.1, 0.15) is 0 Å². The second-order valence-corrected chi connectivity index (χ2v) is 6.69. The lowest BCUT2D eigenvalue weighted by atomic mass is 9.75. The molecular weight excluding hydrogens is 280 g/mol. The number of carbonyl (C=O) groups is 1. The van der Waals surface area contributed by atoms with Crippen LogP contribution in [0.4, 0.5) is 0 Å². The first-order valence-corrected chi connectivity index (χ1v) is 8.09. The van der Waals surface area contributed by atoms with Gasteiger partial charge in [0.05, 0.1) is 6.10 Å². The lowest BCUT2D eigenvalue weighted by molar-refractivity contribution is -0.363. The van der Waals surface area contributed by atoms with Crippen molar-refractivity contribution in [3.63, 3.8) is 0 Å². The van der Waals surface area contributed by atoms with Gasteiger partial charge in [0.15, 0.2) is 0 Å². The Balaban J connectivity index is 2.03. The number of hydrogen-bond donors (Lipinski definition) is 1. The van der Waals surface area contributed by atoms with Crippen molar-refractivity contribution in [3.8, 4) is 0 Å². The Labute approximate surface area is 132 Å². The molecule has 1 aliphatic carbocycles. The molecule has 0 amide bonds. The van der Waals surface area contributed by atoms with E-state index < -0.39 is 12.1 Å². The van der Waals surface area contributed by atoms with Gasteiger partial charge in [-0.1, -0.05) is 57.5 Å². The van der Waals surface area contributed by atoms with Gasteiger partial charge in [0, 0.05) is 0 Å². The molecule has 22 heavy (non-hydrogen) atoms. The summed E-state index contributed by atoms with van der Waals surface area (Å²) < 4.78 is 0. The van der Waals surface area contributed by atoms with E-state index in [1.54, 1.807) is 24.3 Å². The van der Waals surface area contributed by atoms with Crippen molar-refractivity contribution < 1.29 is 19.7 Å². The zero-order valence-electron chi connectivity index (χ0n) is 13.6. The fourth-order valence-electron chi connectivity index (χ4n) is 3.22. The summed E-state index contributed by atoms with van der Waals surface area (Å²) in [4.78, 5) is 22.4.